The summed E-state index contributed by atoms with van der Waals surface area (Å²) in [4.78, 5) is 20.7. The zero-order chi connectivity index (χ0) is 21.8. The van der Waals surface area contributed by atoms with E-state index in [9.17, 15) is 10.1 Å². The van der Waals surface area contributed by atoms with Crippen LogP contribution in [0.5, 0.6) is 0 Å². The maximum absolute atomic E-state index is 12.8. The molecule has 1 aliphatic heterocycles. The number of nitriles is 1. The van der Waals surface area contributed by atoms with E-state index >= 15 is 0 Å². The first kappa shape index (κ1) is 21.0. The number of anilines is 1. The first-order valence-electron chi connectivity index (χ1n) is 9.68. The van der Waals surface area contributed by atoms with E-state index in [-0.39, 0.29) is 11.6 Å². The van der Waals surface area contributed by atoms with E-state index in [1.807, 2.05) is 41.3 Å². The molecule has 6 nitrogen and oxygen atoms in total. The van der Waals surface area contributed by atoms with Crippen molar-refractivity contribution in [2.24, 2.45) is 0 Å². The molecule has 1 saturated heterocycles. The summed E-state index contributed by atoms with van der Waals surface area (Å²) in [6.45, 7) is 1.97. The highest BCUT2D eigenvalue weighted by Crippen LogP contribution is 2.26. The van der Waals surface area contributed by atoms with Gasteiger partial charge in [-0.2, -0.15) is 10.2 Å². The van der Waals surface area contributed by atoms with Crippen molar-refractivity contribution in [3.8, 4) is 6.07 Å². The van der Waals surface area contributed by atoms with Gasteiger partial charge in [0.1, 0.15) is 6.07 Å². The number of carbonyl (C=O) groups excluding carboxylic acids is 1. The predicted molar refractivity (Wildman–Crippen MR) is 121 cm³/mol. The highest BCUT2D eigenvalue weighted by molar-refractivity contribution is 6.36. The van der Waals surface area contributed by atoms with Crippen molar-refractivity contribution in [2.45, 2.75) is 0 Å². The summed E-state index contributed by atoms with van der Waals surface area (Å²) < 4.78 is 5.85. The van der Waals surface area contributed by atoms with Crippen LogP contribution in [-0.4, -0.2) is 42.0 Å². The zero-order valence-corrected chi connectivity index (χ0v) is 18.0. The van der Waals surface area contributed by atoms with Gasteiger partial charge in [-0.05, 0) is 29.8 Å². The van der Waals surface area contributed by atoms with Crippen LogP contribution in [0.3, 0.4) is 0 Å². The molecule has 0 saturated carbocycles. The molecule has 0 N–H and O–H groups in total. The SMILES string of the molecule is N#Cc1nc(/C=C/c2ccccc2)oc1N1CCN(C(=O)c2ccc(Cl)cc2Cl)CC1. The van der Waals surface area contributed by atoms with E-state index < -0.39 is 0 Å². The summed E-state index contributed by atoms with van der Waals surface area (Å²) >= 11 is 12.1. The van der Waals surface area contributed by atoms with Gasteiger partial charge in [0.15, 0.2) is 0 Å². The lowest BCUT2D eigenvalue weighted by atomic mass is 10.1. The van der Waals surface area contributed by atoms with Gasteiger partial charge >= 0.3 is 0 Å². The van der Waals surface area contributed by atoms with Gasteiger partial charge < -0.3 is 14.2 Å². The second kappa shape index (κ2) is 9.25. The minimum atomic E-state index is -0.147. The largest absolute Gasteiger partial charge is 0.420 e. The molecule has 0 aliphatic carbocycles. The number of piperazine rings is 1. The van der Waals surface area contributed by atoms with Gasteiger partial charge in [0, 0.05) is 37.3 Å². The molecule has 1 aromatic heterocycles. The first-order chi connectivity index (χ1) is 15.0. The van der Waals surface area contributed by atoms with Crippen molar-refractivity contribution < 1.29 is 9.21 Å². The lowest BCUT2D eigenvalue weighted by Gasteiger charge is -2.34. The number of rotatable bonds is 4. The summed E-state index contributed by atoms with van der Waals surface area (Å²) in [6.07, 6.45) is 3.62. The van der Waals surface area contributed by atoms with Crippen molar-refractivity contribution in [3.63, 3.8) is 0 Å². The van der Waals surface area contributed by atoms with Crippen LogP contribution in [0, 0.1) is 11.3 Å². The van der Waals surface area contributed by atoms with Crippen LogP contribution >= 0.6 is 23.2 Å². The zero-order valence-electron chi connectivity index (χ0n) is 16.5. The number of amides is 1. The Kier molecular flexibility index (Phi) is 6.26. The molecule has 8 heteroatoms. The summed E-state index contributed by atoms with van der Waals surface area (Å²) in [7, 11) is 0. The monoisotopic (exact) mass is 452 g/mol. The van der Waals surface area contributed by atoms with E-state index in [0.717, 1.165) is 5.56 Å². The second-order valence-electron chi connectivity index (χ2n) is 6.97. The molecule has 0 bridgehead atoms. The standard InChI is InChI=1S/C23H18Cl2N4O2/c24-17-7-8-18(19(25)14-17)22(30)28-10-12-29(13-11-28)23-20(15-26)27-21(31-23)9-6-16-4-2-1-3-5-16/h1-9,14H,10-13H2/b9-6+. The third kappa shape index (κ3) is 4.74. The average molecular weight is 453 g/mol. The number of hydrogen-bond acceptors (Lipinski definition) is 5. The minimum Gasteiger partial charge on any atom is -0.420 e. The Hall–Kier alpha value is -3.27. The molecule has 0 radical (unpaired) electrons. The Balaban J connectivity index is 1.45. The first-order valence-corrected chi connectivity index (χ1v) is 10.4. The topological polar surface area (TPSA) is 73.4 Å². The van der Waals surface area contributed by atoms with E-state index in [4.69, 9.17) is 27.6 Å². The van der Waals surface area contributed by atoms with Gasteiger partial charge in [0.05, 0.1) is 10.6 Å². The Morgan fingerprint density at radius 2 is 1.81 bits per heavy atom. The van der Waals surface area contributed by atoms with Crippen LogP contribution in [-0.2, 0) is 0 Å². The highest BCUT2D eigenvalue weighted by atomic mass is 35.5. The van der Waals surface area contributed by atoms with Gasteiger partial charge in [0.2, 0.25) is 17.5 Å². The molecule has 1 aliphatic rings. The third-order valence-corrected chi connectivity index (χ3v) is 5.51. The number of benzene rings is 2. The van der Waals surface area contributed by atoms with Gasteiger partial charge in [-0.3, -0.25) is 4.79 Å². The van der Waals surface area contributed by atoms with Crippen molar-refractivity contribution >= 4 is 47.1 Å². The molecule has 0 spiro atoms. The quantitative estimate of drug-likeness (QED) is 0.557. The van der Waals surface area contributed by atoms with Crippen LogP contribution in [0.1, 0.15) is 27.5 Å². The highest BCUT2D eigenvalue weighted by Gasteiger charge is 2.27. The third-order valence-electron chi connectivity index (χ3n) is 4.97. The number of halogens is 2. The fourth-order valence-corrected chi connectivity index (χ4v) is 3.85. The average Bonchev–Trinajstić information content (AvgIpc) is 3.21. The molecule has 0 unspecified atom stereocenters. The van der Waals surface area contributed by atoms with Gasteiger partial charge in [-0.25, -0.2) is 0 Å². The van der Waals surface area contributed by atoms with Gasteiger partial charge in [-0.15, -0.1) is 0 Å². The van der Waals surface area contributed by atoms with Crippen molar-refractivity contribution in [2.75, 3.05) is 31.1 Å². The summed E-state index contributed by atoms with van der Waals surface area (Å²) in [5, 5.41) is 10.3. The molecule has 2 aromatic carbocycles. The van der Waals surface area contributed by atoms with E-state index in [1.165, 1.54) is 0 Å². The van der Waals surface area contributed by atoms with Crippen LogP contribution in [0.15, 0.2) is 52.9 Å². The minimum absolute atomic E-state index is 0.147. The molecule has 156 valence electrons. The molecule has 1 amide bonds. The number of aromatic nitrogens is 1. The summed E-state index contributed by atoms with van der Waals surface area (Å²) in [5.41, 5.74) is 1.66. The van der Waals surface area contributed by atoms with Crippen LogP contribution in [0.25, 0.3) is 12.2 Å². The second-order valence-corrected chi connectivity index (χ2v) is 7.81. The maximum Gasteiger partial charge on any atom is 0.255 e. The lowest BCUT2D eigenvalue weighted by Crippen LogP contribution is -2.49. The Morgan fingerprint density at radius 1 is 1.06 bits per heavy atom. The van der Waals surface area contributed by atoms with Crippen molar-refractivity contribution in [1.29, 1.82) is 5.26 Å². The number of hydrogen-bond donors (Lipinski definition) is 0. The fourth-order valence-electron chi connectivity index (χ4n) is 3.36. The van der Waals surface area contributed by atoms with Crippen LogP contribution < -0.4 is 4.90 Å². The normalized spacial score (nSPS) is 14.1. The molecular formula is C23H18Cl2N4O2. The number of oxazole rings is 1. The predicted octanol–water partition coefficient (Wildman–Crippen LogP) is 4.99. The Bertz CT molecular complexity index is 1160. The van der Waals surface area contributed by atoms with E-state index in [2.05, 4.69) is 11.1 Å². The molecule has 4 rings (SSSR count). The summed E-state index contributed by atoms with van der Waals surface area (Å²) in [5.74, 6) is 0.638. The lowest BCUT2D eigenvalue weighted by molar-refractivity contribution is 0.0745. The molecule has 2 heterocycles. The molecule has 1 fully saturated rings. The molecule has 31 heavy (non-hydrogen) atoms. The van der Waals surface area contributed by atoms with E-state index in [0.29, 0.717) is 53.6 Å². The van der Waals surface area contributed by atoms with Crippen LogP contribution in [0.4, 0.5) is 5.88 Å². The van der Waals surface area contributed by atoms with Gasteiger partial charge in [0.25, 0.3) is 5.91 Å². The smallest absolute Gasteiger partial charge is 0.255 e. The summed E-state index contributed by atoms with van der Waals surface area (Å²) in [6, 6.07) is 16.7. The number of nitrogens with zero attached hydrogens (tertiary/aromatic N) is 4. The Labute approximate surface area is 189 Å². The van der Waals surface area contributed by atoms with Crippen LogP contribution in [0.2, 0.25) is 10.0 Å². The van der Waals surface area contributed by atoms with Gasteiger partial charge in [-0.1, -0.05) is 53.5 Å². The molecule has 0 atom stereocenters. The molecular weight excluding hydrogens is 435 g/mol. The maximum atomic E-state index is 12.8. The van der Waals surface area contributed by atoms with Crippen molar-refractivity contribution in [1.82, 2.24) is 9.88 Å². The number of carbonyl (C=O) groups is 1. The fraction of sp³-hybridized carbons (Fsp3) is 0.174. The van der Waals surface area contributed by atoms with Crippen molar-refractivity contribution in [3.05, 3.63) is 81.3 Å². The molecule has 3 aromatic rings. The van der Waals surface area contributed by atoms with E-state index in [1.54, 1.807) is 29.2 Å². The Morgan fingerprint density at radius 3 is 2.48 bits per heavy atom.